The van der Waals surface area contributed by atoms with Gasteiger partial charge in [0.25, 0.3) is 7.82 Å². The Hall–Kier alpha value is -2.55. The molecule has 1 unspecified atom stereocenters. The monoisotopic (exact) mass is 792 g/mol. The lowest BCUT2D eigenvalue weighted by molar-refractivity contribution is -0.870. The van der Waals surface area contributed by atoms with E-state index in [9.17, 15) is 19.0 Å². The number of carbonyl (C=O) groups excluding carboxylic acids is 2. The average molecular weight is 792 g/mol. The van der Waals surface area contributed by atoms with Gasteiger partial charge < -0.3 is 27.9 Å². The number of allylic oxidation sites excluding steroid dienone is 12. The van der Waals surface area contributed by atoms with Gasteiger partial charge in [0, 0.05) is 12.8 Å². The summed E-state index contributed by atoms with van der Waals surface area (Å²) in [5.41, 5.74) is 0. The van der Waals surface area contributed by atoms with Gasteiger partial charge in [0.15, 0.2) is 6.10 Å². The number of hydrogen-bond donors (Lipinski definition) is 0. The van der Waals surface area contributed by atoms with Gasteiger partial charge >= 0.3 is 11.9 Å². The standard InChI is InChI=1S/C45H78NO8P/c1-6-8-10-12-14-16-18-20-22-23-24-26-28-30-32-34-36-38-45(48)54-43(42-53-55(49,50)52-40-39-46(3,4)5)41-51-44(47)37-35-33-31-29-27-25-21-19-17-15-13-11-9-7-2/h13-16,19-22,24,26,30,32,43H,6-12,17-18,23,25,27-29,31,33-42H2,1-5H3/b15-13-,16-14-,21-19-,22-20-,26-24-,32-30-/t43-/m1/s1. The van der Waals surface area contributed by atoms with Crippen LogP contribution in [0, 0.1) is 0 Å². The maximum atomic E-state index is 12.6. The fourth-order valence-electron chi connectivity index (χ4n) is 5.07. The van der Waals surface area contributed by atoms with Crippen molar-refractivity contribution in [2.75, 3.05) is 47.5 Å². The molecule has 0 aliphatic rings. The number of esters is 2. The summed E-state index contributed by atoms with van der Waals surface area (Å²) < 4.78 is 33.8. The molecule has 0 aromatic heterocycles. The first-order valence-electron chi connectivity index (χ1n) is 21.1. The molecule has 0 fully saturated rings. The number of unbranched alkanes of at least 4 members (excludes halogenated alkanes) is 11. The predicted molar refractivity (Wildman–Crippen MR) is 226 cm³/mol. The van der Waals surface area contributed by atoms with Gasteiger partial charge in [0.05, 0.1) is 27.7 Å². The quantitative estimate of drug-likeness (QED) is 0.0201. The highest BCUT2D eigenvalue weighted by molar-refractivity contribution is 7.45. The number of carbonyl (C=O) groups is 2. The summed E-state index contributed by atoms with van der Waals surface area (Å²) in [4.78, 5) is 37.4. The molecular formula is C45H78NO8P. The van der Waals surface area contributed by atoms with Crippen molar-refractivity contribution in [2.45, 2.75) is 155 Å². The van der Waals surface area contributed by atoms with Gasteiger partial charge in [-0.25, -0.2) is 0 Å². The summed E-state index contributed by atoms with van der Waals surface area (Å²) in [6.45, 7) is 4.05. The van der Waals surface area contributed by atoms with E-state index in [4.69, 9.17) is 18.5 Å². The van der Waals surface area contributed by atoms with E-state index >= 15 is 0 Å². The van der Waals surface area contributed by atoms with Crippen LogP contribution in [0.15, 0.2) is 72.9 Å². The van der Waals surface area contributed by atoms with E-state index in [0.717, 1.165) is 64.2 Å². The Balaban J connectivity index is 4.53. The maximum Gasteiger partial charge on any atom is 0.306 e. The summed E-state index contributed by atoms with van der Waals surface area (Å²) in [5.74, 6) is -0.925. The van der Waals surface area contributed by atoms with Crippen molar-refractivity contribution in [3.63, 3.8) is 0 Å². The Morgan fingerprint density at radius 2 is 1.02 bits per heavy atom. The van der Waals surface area contributed by atoms with Gasteiger partial charge in [-0.05, 0) is 77.0 Å². The van der Waals surface area contributed by atoms with E-state index in [1.54, 1.807) is 0 Å². The van der Waals surface area contributed by atoms with Gasteiger partial charge in [0.1, 0.15) is 19.8 Å². The van der Waals surface area contributed by atoms with Crippen LogP contribution in [0.1, 0.15) is 149 Å². The van der Waals surface area contributed by atoms with Crippen LogP contribution in [0.25, 0.3) is 0 Å². The van der Waals surface area contributed by atoms with Gasteiger partial charge in [-0.1, -0.05) is 132 Å². The number of quaternary nitrogens is 1. The Morgan fingerprint density at radius 1 is 0.564 bits per heavy atom. The molecule has 2 atom stereocenters. The molecule has 9 nitrogen and oxygen atoms in total. The lowest BCUT2D eigenvalue weighted by Gasteiger charge is -2.28. The second-order valence-electron chi connectivity index (χ2n) is 15.0. The molecule has 0 aromatic rings. The topological polar surface area (TPSA) is 111 Å². The molecule has 0 bridgehead atoms. The van der Waals surface area contributed by atoms with E-state index in [-0.39, 0.29) is 26.1 Å². The molecule has 0 rings (SSSR count). The van der Waals surface area contributed by atoms with Crippen LogP contribution in [0.4, 0.5) is 0 Å². The number of hydrogen-bond acceptors (Lipinski definition) is 8. The molecule has 0 saturated carbocycles. The molecule has 0 heterocycles. The van der Waals surface area contributed by atoms with Gasteiger partial charge in [-0.2, -0.15) is 0 Å². The number of nitrogens with zero attached hydrogens (tertiary/aromatic N) is 1. The molecular weight excluding hydrogens is 713 g/mol. The van der Waals surface area contributed by atoms with E-state index in [0.29, 0.717) is 30.3 Å². The summed E-state index contributed by atoms with van der Waals surface area (Å²) in [6.07, 6.45) is 45.0. The summed E-state index contributed by atoms with van der Waals surface area (Å²) in [6, 6.07) is 0. The molecule has 0 spiro atoms. The molecule has 0 saturated heterocycles. The Morgan fingerprint density at radius 3 is 1.56 bits per heavy atom. The average Bonchev–Trinajstić information content (AvgIpc) is 3.13. The smallest absolute Gasteiger partial charge is 0.306 e. The van der Waals surface area contributed by atoms with Gasteiger partial charge in [-0.3, -0.25) is 14.2 Å². The molecule has 0 N–H and O–H groups in total. The van der Waals surface area contributed by atoms with Crippen molar-refractivity contribution >= 4 is 19.8 Å². The Kier molecular flexibility index (Phi) is 35.3. The minimum Gasteiger partial charge on any atom is -0.756 e. The van der Waals surface area contributed by atoms with E-state index in [1.165, 1.54) is 38.5 Å². The molecule has 55 heavy (non-hydrogen) atoms. The number of phosphoric acid groups is 1. The predicted octanol–water partition coefficient (Wildman–Crippen LogP) is 11.2. The van der Waals surface area contributed by atoms with E-state index in [2.05, 4.69) is 80.7 Å². The molecule has 0 aliphatic heterocycles. The third kappa shape index (κ3) is 40.9. The van der Waals surface area contributed by atoms with E-state index < -0.39 is 32.5 Å². The van der Waals surface area contributed by atoms with Crippen LogP contribution in [0.2, 0.25) is 0 Å². The van der Waals surface area contributed by atoms with Crippen molar-refractivity contribution in [3.8, 4) is 0 Å². The summed E-state index contributed by atoms with van der Waals surface area (Å²) >= 11 is 0. The lowest BCUT2D eigenvalue weighted by Crippen LogP contribution is -2.37. The van der Waals surface area contributed by atoms with Crippen LogP contribution in [0.5, 0.6) is 0 Å². The first-order chi connectivity index (χ1) is 26.5. The second-order valence-corrected chi connectivity index (χ2v) is 16.4. The number of likely N-dealkylation sites (N-methyl/N-ethyl adjacent to an activating group) is 1. The maximum absolute atomic E-state index is 12.6. The lowest BCUT2D eigenvalue weighted by atomic mass is 10.1. The fourth-order valence-corrected chi connectivity index (χ4v) is 5.80. The van der Waals surface area contributed by atoms with Gasteiger partial charge in [0.2, 0.25) is 0 Å². The number of rotatable bonds is 37. The molecule has 0 amide bonds. The van der Waals surface area contributed by atoms with E-state index in [1.807, 2.05) is 27.2 Å². The first kappa shape index (κ1) is 52.5. The zero-order valence-electron chi connectivity index (χ0n) is 35.3. The largest absolute Gasteiger partial charge is 0.756 e. The molecule has 0 aliphatic carbocycles. The fraction of sp³-hybridized carbons (Fsp3) is 0.689. The molecule has 0 aromatic carbocycles. The summed E-state index contributed by atoms with van der Waals surface area (Å²) in [7, 11) is 1.11. The zero-order chi connectivity index (χ0) is 40.7. The van der Waals surface area contributed by atoms with Crippen LogP contribution in [0.3, 0.4) is 0 Å². The highest BCUT2D eigenvalue weighted by atomic mass is 31.2. The Labute approximate surface area is 336 Å². The second kappa shape index (κ2) is 37.1. The van der Waals surface area contributed by atoms with Crippen molar-refractivity contribution in [1.82, 2.24) is 0 Å². The number of ether oxygens (including phenoxy) is 2. The van der Waals surface area contributed by atoms with Crippen molar-refractivity contribution in [2.24, 2.45) is 0 Å². The minimum atomic E-state index is -4.64. The SMILES string of the molecule is CCCC/C=C\C/C=C\CCCCCCCC(=O)OC[C@H](COP(=O)([O-])OCC[N+](C)(C)C)OC(=O)CCC/C=C\C/C=C\C/C=C\C/C=C\CCCCC. The molecule has 0 radical (unpaired) electrons. The highest BCUT2D eigenvalue weighted by Crippen LogP contribution is 2.38. The van der Waals surface area contributed by atoms with Crippen molar-refractivity contribution < 1.29 is 42.1 Å². The van der Waals surface area contributed by atoms with Crippen LogP contribution in [-0.2, 0) is 32.7 Å². The van der Waals surface area contributed by atoms with Crippen LogP contribution >= 0.6 is 7.82 Å². The van der Waals surface area contributed by atoms with Crippen molar-refractivity contribution in [1.29, 1.82) is 0 Å². The normalized spacial score (nSPS) is 14.4. The Bertz CT molecular complexity index is 1170. The molecule has 316 valence electrons. The zero-order valence-corrected chi connectivity index (χ0v) is 36.2. The van der Waals surface area contributed by atoms with Crippen molar-refractivity contribution in [3.05, 3.63) is 72.9 Å². The molecule has 10 heteroatoms. The van der Waals surface area contributed by atoms with Crippen LogP contribution < -0.4 is 4.89 Å². The van der Waals surface area contributed by atoms with Crippen LogP contribution in [-0.4, -0.2) is 70.0 Å². The first-order valence-corrected chi connectivity index (χ1v) is 22.6. The summed E-state index contributed by atoms with van der Waals surface area (Å²) in [5, 5.41) is 0. The highest BCUT2D eigenvalue weighted by Gasteiger charge is 2.21. The third-order valence-corrected chi connectivity index (χ3v) is 9.41. The minimum absolute atomic E-state index is 0.0469. The third-order valence-electron chi connectivity index (χ3n) is 8.45. The number of phosphoric ester groups is 1. The van der Waals surface area contributed by atoms with Gasteiger partial charge in [-0.15, -0.1) is 0 Å².